The lowest BCUT2D eigenvalue weighted by molar-refractivity contribution is 0.0947. The Hall–Kier alpha value is -1.86. The smallest absolute Gasteiger partial charge is 0.251 e. The van der Waals surface area contributed by atoms with Gasteiger partial charge >= 0.3 is 0 Å². The minimum atomic E-state index is -0.112. The van der Waals surface area contributed by atoms with Gasteiger partial charge in [-0.25, -0.2) is 0 Å². The van der Waals surface area contributed by atoms with E-state index in [-0.39, 0.29) is 5.91 Å². The average molecular weight is 243 g/mol. The summed E-state index contributed by atoms with van der Waals surface area (Å²) < 4.78 is 0. The van der Waals surface area contributed by atoms with Gasteiger partial charge in [0.05, 0.1) is 11.6 Å². The Balaban J connectivity index is 1.89. The van der Waals surface area contributed by atoms with Crippen LogP contribution in [0.15, 0.2) is 24.3 Å². The standard InChI is InChI=1S/C14H17N3O/c15-9-11-4-3-5-12(8-11)14(18)17-10-13-6-1-2-7-16-13/h3-5,8,13,16H,1-2,6-7,10H2,(H,17,18). The van der Waals surface area contributed by atoms with E-state index in [9.17, 15) is 4.79 Å². The number of hydrogen-bond donors (Lipinski definition) is 2. The van der Waals surface area contributed by atoms with Gasteiger partial charge in [0.1, 0.15) is 0 Å². The zero-order valence-corrected chi connectivity index (χ0v) is 10.3. The van der Waals surface area contributed by atoms with Crippen LogP contribution in [0.1, 0.15) is 35.2 Å². The van der Waals surface area contributed by atoms with Crippen LogP contribution in [0, 0.1) is 11.3 Å². The second-order valence-electron chi connectivity index (χ2n) is 4.55. The summed E-state index contributed by atoms with van der Waals surface area (Å²) in [6.07, 6.45) is 3.55. The molecule has 1 heterocycles. The number of nitriles is 1. The number of nitrogens with zero attached hydrogens (tertiary/aromatic N) is 1. The van der Waals surface area contributed by atoms with Gasteiger partial charge in [-0.05, 0) is 37.6 Å². The lowest BCUT2D eigenvalue weighted by Crippen LogP contribution is -2.43. The van der Waals surface area contributed by atoms with Crippen LogP contribution in [-0.4, -0.2) is 25.0 Å². The van der Waals surface area contributed by atoms with E-state index in [2.05, 4.69) is 10.6 Å². The fourth-order valence-electron chi connectivity index (χ4n) is 2.15. The molecule has 4 nitrogen and oxygen atoms in total. The highest BCUT2D eigenvalue weighted by Crippen LogP contribution is 2.07. The van der Waals surface area contributed by atoms with E-state index < -0.39 is 0 Å². The van der Waals surface area contributed by atoms with Crippen LogP contribution in [0.2, 0.25) is 0 Å². The third-order valence-corrected chi connectivity index (χ3v) is 3.18. The monoisotopic (exact) mass is 243 g/mol. The second-order valence-corrected chi connectivity index (χ2v) is 4.55. The molecular weight excluding hydrogens is 226 g/mol. The van der Waals surface area contributed by atoms with E-state index in [1.807, 2.05) is 6.07 Å². The first-order valence-corrected chi connectivity index (χ1v) is 6.31. The zero-order valence-electron chi connectivity index (χ0n) is 10.3. The highest BCUT2D eigenvalue weighted by molar-refractivity contribution is 5.94. The zero-order chi connectivity index (χ0) is 12.8. The van der Waals surface area contributed by atoms with E-state index in [1.54, 1.807) is 24.3 Å². The van der Waals surface area contributed by atoms with Crippen molar-refractivity contribution in [3.63, 3.8) is 0 Å². The van der Waals surface area contributed by atoms with Crippen molar-refractivity contribution in [1.82, 2.24) is 10.6 Å². The van der Waals surface area contributed by atoms with Crippen molar-refractivity contribution in [1.29, 1.82) is 5.26 Å². The minimum Gasteiger partial charge on any atom is -0.350 e. The Kier molecular flexibility index (Phi) is 4.32. The van der Waals surface area contributed by atoms with E-state index in [0.29, 0.717) is 23.7 Å². The second kappa shape index (κ2) is 6.18. The molecule has 18 heavy (non-hydrogen) atoms. The molecule has 0 aliphatic carbocycles. The first-order chi connectivity index (χ1) is 8.79. The predicted octanol–water partition coefficient (Wildman–Crippen LogP) is 1.43. The van der Waals surface area contributed by atoms with Crippen LogP contribution in [0.5, 0.6) is 0 Å². The van der Waals surface area contributed by atoms with E-state index in [0.717, 1.165) is 13.0 Å². The Morgan fingerprint density at radius 1 is 1.50 bits per heavy atom. The number of benzene rings is 1. The van der Waals surface area contributed by atoms with Crippen LogP contribution in [0.3, 0.4) is 0 Å². The Morgan fingerprint density at radius 2 is 2.39 bits per heavy atom. The topological polar surface area (TPSA) is 64.9 Å². The summed E-state index contributed by atoms with van der Waals surface area (Å²) >= 11 is 0. The molecule has 0 aromatic heterocycles. The van der Waals surface area contributed by atoms with Gasteiger partial charge in [0.15, 0.2) is 0 Å². The van der Waals surface area contributed by atoms with Gasteiger partial charge in [0, 0.05) is 18.2 Å². The number of carbonyl (C=O) groups is 1. The van der Waals surface area contributed by atoms with E-state index >= 15 is 0 Å². The van der Waals surface area contributed by atoms with Crippen LogP contribution >= 0.6 is 0 Å². The number of hydrogen-bond acceptors (Lipinski definition) is 3. The maximum absolute atomic E-state index is 11.9. The van der Waals surface area contributed by atoms with Crippen molar-refractivity contribution in [3.8, 4) is 6.07 Å². The van der Waals surface area contributed by atoms with Crippen molar-refractivity contribution < 1.29 is 4.79 Å². The molecule has 2 N–H and O–H groups in total. The van der Waals surface area contributed by atoms with Crippen LogP contribution < -0.4 is 10.6 Å². The fourth-order valence-corrected chi connectivity index (χ4v) is 2.15. The molecule has 0 bridgehead atoms. The highest BCUT2D eigenvalue weighted by Gasteiger charge is 2.14. The molecule has 1 fully saturated rings. The molecule has 4 heteroatoms. The summed E-state index contributed by atoms with van der Waals surface area (Å²) in [7, 11) is 0. The summed E-state index contributed by atoms with van der Waals surface area (Å²) in [5.74, 6) is -0.112. The molecule has 1 amide bonds. The summed E-state index contributed by atoms with van der Waals surface area (Å²) in [5, 5.41) is 15.1. The van der Waals surface area contributed by atoms with Crippen molar-refractivity contribution in [2.24, 2.45) is 0 Å². The van der Waals surface area contributed by atoms with Gasteiger partial charge < -0.3 is 10.6 Å². The largest absolute Gasteiger partial charge is 0.350 e. The molecule has 1 aliphatic rings. The number of rotatable bonds is 3. The van der Waals surface area contributed by atoms with Gasteiger partial charge in [-0.15, -0.1) is 0 Å². The summed E-state index contributed by atoms with van der Waals surface area (Å²) in [6, 6.07) is 9.18. The maximum atomic E-state index is 11.9. The SMILES string of the molecule is N#Cc1cccc(C(=O)NCC2CCCCN2)c1. The third-order valence-electron chi connectivity index (χ3n) is 3.18. The summed E-state index contributed by atoms with van der Waals surface area (Å²) in [5.41, 5.74) is 1.06. The Bertz CT molecular complexity index is 458. The molecule has 0 radical (unpaired) electrons. The van der Waals surface area contributed by atoms with E-state index in [1.165, 1.54) is 12.8 Å². The van der Waals surface area contributed by atoms with Gasteiger partial charge in [-0.3, -0.25) is 4.79 Å². The number of piperidine rings is 1. The van der Waals surface area contributed by atoms with Crippen molar-refractivity contribution in [2.75, 3.05) is 13.1 Å². The molecule has 1 atom stereocenters. The molecule has 1 aromatic carbocycles. The summed E-state index contributed by atoms with van der Waals surface area (Å²) in [6.45, 7) is 1.68. The van der Waals surface area contributed by atoms with Crippen molar-refractivity contribution >= 4 is 5.91 Å². The molecule has 2 rings (SSSR count). The van der Waals surface area contributed by atoms with Crippen LogP contribution in [0.4, 0.5) is 0 Å². The molecule has 1 aromatic rings. The van der Waals surface area contributed by atoms with Crippen molar-refractivity contribution in [2.45, 2.75) is 25.3 Å². The van der Waals surface area contributed by atoms with E-state index in [4.69, 9.17) is 5.26 Å². The molecular formula is C14H17N3O. The lowest BCUT2D eigenvalue weighted by Gasteiger charge is -2.23. The quantitative estimate of drug-likeness (QED) is 0.844. The van der Waals surface area contributed by atoms with Crippen molar-refractivity contribution in [3.05, 3.63) is 35.4 Å². The third kappa shape index (κ3) is 3.31. The average Bonchev–Trinajstić information content (AvgIpc) is 2.46. The molecule has 0 saturated carbocycles. The molecule has 1 unspecified atom stereocenters. The van der Waals surface area contributed by atoms with Crippen LogP contribution in [-0.2, 0) is 0 Å². The number of carbonyl (C=O) groups excluding carboxylic acids is 1. The van der Waals surface area contributed by atoms with Gasteiger partial charge in [-0.2, -0.15) is 5.26 Å². The molecule has 0 spiro atoms. The highest BCUT2D eigenvalue weighted by atomic mass is 16.1. The first-order valence-electron chi connectivity index (χ1n) is 6.31. The first kappa shape index (κ1) is 12.6. The van der Waals surface area contributed by atoms with Crippen LogP contribution in [0.25, 0.3) is 0 Å². The normalized spacial score (nSPS) is 18.9. The predicted molar refractivity (Wildman–Crippen MR) is 69.1 cm³/mol. The molecule has 1 aliphatic heterocycles. The number of amides is 1. The number of nitrogens with one attached hydrogen (secondary N) is 2. The molecule has 1 saturated heterocycles. The van der Waals surface area contributed by atoms with Gasteiger partial charge in [0.25, 0.3) is 5.91 Å². The summed E-state index contributed by atoms with van der Waals surface area (Å²) in [4.78, 5) is 11.9. The minimum absolute atomic E-state index is 0.112. The van der Waals surface area contributed by atoms with Gasteiger partial charge in [-0.1, -0.05) is 12.5 Å². The van der Waals surface area contributed by atoms with Gasteiger partial charge in [0.2, 0.25) is 0 Å². The Labute approximate surface area is 107 Å². The molecule has 94 valence electrons. The fraction of sp³-hybridized carbons (Fsp3) is 0.429. The Morgan fingerprint density at radius 3 is 3.11 bits per heavy atom. The lowest BCUT2D eigenvalue weighted by atomic mass is 10.0. The maximum Gasteiger partial charge on any atom is 0.251 e.